The standard InChI is InChI=1S/C27H28BrClN2O3/c1-18(27(33)30-22-7-3-4-8-22)31(16-19-10-13-21(29)14-11-19)25(32)17-34-24-15-12-20-6-2-5-9-23(20)26(24)28/h2,5-6,9-15,18,22H,3-4,7-8,16-17H2,1H3,(H,30,33). The van der Waals surface area contributed by atoms with E-state index < -0.39 is 6.04 Å². The van der Waals surface area contributed by atoms with E-state index in [4.69, 9.17) is 16.3 Å². The van der Waals surface area contributed by atoms with Crippen molar-refractivity contribution in [2.75, 3.05) is 6.61 Å². The van der Waals surface area contributed by atoms with Gasteiger partial charge in [0.15, 0.2) is 6.61 Å². The van der Waals surface area contributed by atoms with Crippen LogP contribution in [0.1, 0.15) is 38.2 Å². The second-order valence-electron chi connectivity index (χ2n) is 8.70. The lowest BCUT2D eigenvalue weighted by molar-refractivity contribution is -0.142. The van der Waals surface area contributed by atoms with E-state index in [2.05, 4.69) is 21.2 Å². The first-order valence-corrected chi connectivity index (χ1v) is 12.7. The highest BCUT2D eigenvalue weighted by Gasteiger charge is 2.29. The van der Waals surface area contributed by atoms with Crippen LogP contribution in [0.3, 0.4) is 0 Å². The molecule has 4 rings (SSSR count). The second-order valence-corrected chi connectivity index (χ2v) is 9.93. The average Bonchev–Trinajstić information content (AvgIpc) is 3.36. The van der Waals surface area contributed by atoms with Crippen LogP contribution in [0, 0.1) is 0 Å². The minimum absolute atomic E-state index is 0.138. The van der Waals surface area contributed by atoms with Crippen LogP contribution in [0.15, 0.2) is 65.1 Å². The molecular formula is C27H28BrClN2O3. The fraction of sp³-hybridized carbons (Fsp3) is 0.333. The Labute approximate surface area is 213 Å². The predicted molar refractivity (Wildman–Crippen MR) is 139 cm³/mol. The van der Waals surface area contributed by atoms with Gasteiger partial charge in [-0.3, -0.25) is 9.59 Å². The molecule has 3 aromatic rings. The molecule has 1 saturated carbocycles. The topological polar surface area (TPSA) is 58.6 Å². The van der Waals surface area contributed by atoms with Crippen LogP contribution in [0.4, 0.5) is 0 Å². The first-order valence-electron chi connectivity index (χ1n) is 11.6. The smallest absolute Gasteiger partial charge is 0.261 e. The number of fused-ring (bicyclic) bond motifs is 1. The zero-order valence-corrected chi connectivity index (χ0v) is 21.4. The van der Waals surface area contributed by atoms with Gasteiger partial charge in [-0.25, -0.2) is 0 Å². The third-order valence-corrected chi connectivity index (χ3v) is 7.38. The lowest BCUT2D eigenvalue weighted by Gasteiger charge is -2.29. The Balaban J connectivity index is 1.49. The van der Waals surface area contributed by atoms with Crippen LogP contribution < -0.4 is 10.1 Å². The summed E-state index contributed by atoms with van der Waals surface area (Å²) in [5.41, 5.74) is 0.894. The molecule has 3 aromatic carbocycles. The van der Waals surface area contributed by atoms with Gasteiger partial charge in [-0.2, -0.15) is 0 Å². The number of rotatable bonds is 8. The predicted octanol–water partition coefficient (Wildman–Crippen LogP) is 6.11. The molecule has 0 bridgehead atoms. The summed E-state index contributed by atoms with van der Waals surface area (Å²) < 4.78 is 6.72. The molecular weight excluding hydrogens is 516 g/mol. The maximum Gasteiger partial charge on any atom is 0.261 e. The third-order valence-electron chi connectivity index (χ3n) is 6.31. The Kier molecular flexibility index (Phi) is 8.11. The van der Waals surface area contributed by atoms with Crippen molar-refractivity contribution in [3.8, 4) is 5.75 Å². The second kappa shape index (κ2) is 11.2. The van der Waals surface area contributed by atoms with Gasteiger partial charge < -0.3 is 15.0 Å². The van der Waals surface area contributed by atoms with Gasteiger partial charge in [0.1, 0.15) is 11.8 Å². The fourth-order valence-corrected chi connectivity index (χ4v) is 5.04. The Morgan fingerprint density at radius 1 is 1.09 bits per heavy atom. The van der Waals surface area contributed by atoms with Crippen LogP contribution in [0.5, 0.6) is 5.75 Å². The van der Waals surface area contributed by atoms with Crippen molar-refractivity contribution in [2.45, 2.75) is 51.2 Å². The van der Waals surface area contributed by atoms with E-state index in [9.17, 15) is 9.59 Å². The van der Waals surface area contributed by atoms with E-state index in [1.807, 2.05) is 48.5 Å². The van der Waals surface area contributed by atoms with E-state index >= 15 is 0 Å². The van der Waals surface area contributed by atoms with Crippen LogP contribution in [0.2, 0.25) is 5.02 Å². The largest absolute Gasteiger partial charge is 0.483 e. The molecule has 1 fully saturated rings. The highest BCUT2D eigenvalue weighted by Crippen LogP contribution is 2.33. The molecule has 5 nitrogen and oxygen atoms in total. The summed E-state index contributed by atoms with van der Waals surface area (Å²) in [5, 5.41) is 5.82. The number of hydrogen-bond donors (Lipinski definition) is 1. The Morgan fingerprint density at radius 3 is 2.53 bits per heavy atom. The zero-order valence-electron chi connectivity index (χ0n) is 19.1. The maximum absolute atomic E-state index is 13.3. The summed E-state index contributed by atoms with van der Waals surface area (Å²) in [6.45, 7) is 1.88. The Hall–Kier alpha value is -2.57. The lowest BCUT2D eigenvalue weighted by atomic mass is 10.1. The van der Waals surface area contributed by atoms with Crippen molar-refractivity contribution in [1.29, 1.82) is 0 Å². The number of halogens is 2. The van der Waals surface area contributed by atoms with E-state index in [0.717, 1.165) is 46.5 Å². The van der Waals surface area contributed by atoms with Crippen molar-refractivity contribution in [2.24, 2.45) is 0 Å². The summed E-state index contributed by atoms with van der Waals surface area (Å²) in [6, 6.07) is 18.6. The molecule has 2 amide bonds. The molecule has 1 aliphatic rings. The summed E-state index contributed by atoms with van der Waals surface area (Å²) >= 11 is 9.63. The van der Waals surface area contributed by atoms with Gasteiger partial charge >= 0.3 is 0 Å². The van der Waals surface area contributed by atoms with Gasteiger partial charge in [0.05, 0.1) is 4.47 Å². The van der Waals surface area contributed by atoms with Crippen molar-refractivity contribution in [3.05, 3.63) is 75.7 Å². The van der Waals surface area contributed by atoms with Gasteiger partial charge in [-0.1, -0.05) is 66.9 Å². The minimum Gasteiger partial charge on any atom is -0.483 e. The molecule has 178 valence electrons. The fourth-order valence-electron chi connectivity index (χ4n) is 4.31. The summed E-state index contributed by atoms with van der Waals surface area (Å²) in [5.74, 6) is 0.187. The van der Waals surface area contributed by atoms with Crippen LogP contribution in [-0.2, 0) is 16.1 Å². The Morgan fingerprint density at radius 2 is 1.79 bits per heavy atom. The summed E-state index contributed by atoms with van der Waals surface area (Å²) in [6.07, 6.45) is 4.23. The van der Waals surface area contributed by atoms with Gasteiger partial charge in [0, 0.05) is 17.6 Å². The molecule has 0 aliphatic heterocycles. The van der Waals surface area contributed by atoms with E-state index in [-0.39, 0.29) is 31.0 Å². The van der Waals surface area contributed by atoms with Gasteiger partial charge in [-0.15, -0.1) is 0 Å². The van der Waals surface area contributed by atoms with E-state index in [0.29, 0.717) is 10.8 Å². The normalized spacial score (nSPS) is 14.7. The highest BCUT2D eigenvalue weighted by molar-refractivity contribution is 9.10. The number of amides is 2. The molecule has 7 heteroatoms. The molecule has 1 N–H and O–H groups in total. The van der Waals surface area contributed by atoms with Crippen molar-refractivity contribution < 1.29 is 14.3 Å². The van der Waals surface area contributed by atoms with Gasteiger partial charge in [-0.05, 0) is 70.2 Å². The maximum atomic E-state index is 13.3. The summed E-state index contributed by atoms with van der Waals surface area (Å²) in [4.78, 5) is 27.9. The molecule has 1 unspecified atom stereocenters. The average molecular weight is 544 g/mol. The van der Waals surface area contributed by atoms with Crippen LogP contribution in [0.25, 0.3) is 10.8 Å². The molecule has 1 atom stereocenters. The first kappa shape index (κ1) is 24.6. The molecule has 0 saturated heterocycles. The molecule has 0 radical (unpaired) electrons. The quantitative estimate of drug-likeness (QED) is 0.373. The van der Waals surface area contributed by atoms with Crippen molar-refractivity contribution >= 4 is 50.1 Å². The molecule has 0 heterocycles. The first-order chi connectivity index (χ1) is 16.4. The third kappa shape index (κ3) is 5.91. The molecule has 0 aromatic heterocycles. The molecule has 34 heavy (non-hydrogen) atoms. The van der Waals surface area contributed by atoms with Crippen LogP contribution >= 0.6 is 27.5 Å². The van der Waals surface area contributed by atoms with Crippen molar-refractivity contribution in [1.82, 2.24) is 10.2 Å². The minimum atomic E-state index is -0.632. The SMILES string of the molecule is CC(C(=O)NC1CCCC1)N(Cc1ccc(Cl)cc1)C(=O)COc1ccc2ccccc2c1Br. The zero-order chi connectivity index (χ0) is 24.1. The van der Waals surface area contributed by atoms with E-state index in [1.165, 1.54) is 0 Å². The Bertz CT molecular complexity index is 1160. The number of nitrogens with one attached hydrogen (secondary N) is 1. The molecule has 0 spiro atoms. The number of hydrogen-bond acceptors (Lipinski definition) is 3. The highest BCUT2D eigenvalue weighted by atomic mass is 79.9. The number of carbonyl (C=O) groups is 2. The van der Waals surface area contributed by atoms with Gasteiger partial charge in [0.2, 0.25) is 5.91 Å². The monoisotopic (exact) mass is 542 g/mol. The van der Waals surface area contributed by atoms with E-state index in [1.54, 1.807) is 24.0 Å². The van der Waals surface area contributed by atoms with Crippen LogP contribution in [-0.4, -0.2) is 35.4 Å². The number of carbonyl (C=O) groups excluding carboxylic acids is 2. The lowest BCUT2D eigenvalue weighted by Crippen LogP contribution is -2.50. The number of nitrogens with zero attached hydrogens (tertiary/aromatic N) is 1. The molecule has 1 aliphatic carbocycles. The summed E-state index contributed by atoms with van der Waals surface area (Å²) in [7, 11) is 0. The number of ether oxygens (including phenoxy) is 1. The van der Waals surface area contributed by atoms with Crippen molar-refractivity contribution in [3.63, 3.8) is 0 Å². The van der Waals surface area contributed by atoms with Gasteiger partial charge in [0.25, 0.3) is 5.91 Å². The number of benzene rings is 3.